The van der Waals surface area contributed by atoms with Crippen molar-refractivity contribution < 1.29 is 18.0 Å². The maximum Gasteiger partial charge on any atom is 0.390 e. The van der Waals surface area contributed by atoms with Gasteiger partial charge in [0.05, 0.1) is 18.1 Å². The number of carbonyl (C=O) groups excluding carboxylic acids is 1. The first-order chi connectivity index (χ1) is 8.46. The third-order valence-corrected chi connectivity index (χ3v) is 2.40. The summed E-state index contributed by atoms with van der Waals surface area (Å²) in [6, 6.07) is 4.76. The number of amides is 1. The number of aromatic nitrogens is 2. The SMILES string of the molecule is O=C(NCCC(F)(F)F)c1ccc2[nH]ncc2c1. The van der Waals surface area contributed by atoms with E-state index in [1.807, 2.05) is 0 Å². The van der Waals surface area contributed by atoms with E-state index in [2.05, 4.69) is 15.5 Å². The minimum absolute atomic E-state index is 0.311. The van der Waals surface area contributed by atoms with Crippen LogP contribution in [0.25, 0.3) is 10.9 Å². The van der Waals surface area contributed by atoms with E-state index in [1.54, 1.807) is 18.3 Å². The topological polar surface area (TPSA) is 57.8 Å². The van der Waals surface area contributed by atoms with Crippen molar-refractivity contribution in [2.45, 2.75) is 12.6 Å². The first-order valence-electron chi connectivity index (χ1n) is 5.24. The van der Waals surface area contributed by atoms with Crippen molar-refractivity contribution in [1.29, 1.82) is 0 Å². The average molecular weight is 257 g/mol. The molecule has 2 aromatic rings. The van der Waals surface area contributed by atoms with Gasteiger partial charge < -0.3 is 5.32 Å². The summed E-state index contributed by atoms with van der Waals surface area (Å²) in [6.45, 7) is -0.425. The Bertz CT molecular complexity index is 562. The van der Waals surface area contributed by atoms with Crippen LogP contribution in [0.15, 0.2) is 24.4 Å². The predicted molar refractivity (Wildman–Crippen MR) is 59.1 cm³/mol. The predicted octanol–water partition coefficient (Wildman–Crippen LogP) is 2.25. The molecule has 0 aliphatic rings. The van der Waals surface area contributed by atoms with Gasteiger partial charge in [-0.25, -0.2) is 0 Å². The summed E-state index contributed by atoms with van der Waals surface area (Å²) in [5, 5.41) is 9.47. The number of hydrogen-bond donors (Lipinski definition) is 2. The molecule has 18 heavy (non-hydrogen) atoms. The number of carbonyl (C=O) groups is 1. The normalized spacial score (nSPS) is 11.7. The van der Waals surface area contributed by atoms with E-state index in [1.165, 1.54) is 6.07 Å². The number of alkyl halides is 3. The lowest BCUT2D eigenvalue weighted by molar-refractivity contribution is -0.132. The Balaban J connectivity index is 2.00. The summed E-state index contributed by atoms with van der Waals surface area (Å²) < 4.78 is 35.7. The molecule has 0 unspecified atom stereocenters. The molecular weight excluding hydrogens is 247 g/mol. The van der Waals surface area contributed by atoms with E-state index in [9.17, 15) is 18.0 Å². The fourth-order valence-corrected chi connectivity index (χ4v) is 1.50. The van der Waals surface area contributed by atoms with Gasteiger partial charge in [-0.3, -0.25) is 9.89 Å². The van der Waals surface area contributed by atoms with Crippen LogP contribution >= 0.6 is 0 Å². The zero-order valence-electron chi connectivity index (χ0n) is 9.21. The monoisotopic (exact) mass is 257 g/mol. The fraction of sp³-hybridized carbons (Fsp3) is 0.273. The molecule has 1 amide bonds. The van der Waals surface area contributed by atoms with Crippen LogP contribution in [-0.2, 0) is 0 Å². The van der Waals surface area contributed by atoms with Gasteiger partial charge in [-0.15, -0.1) is 0 Å². The Labute approximate surface area is 100 Å². The number of benzene rings is 1. The van der Waals surface area contributed by atoms with Gasteiger partial charge in [-0.2, -0.15) is 18.3 Å². The van der Waals surface area contributed by atoms with Crippen LogP contribution in [0.5, 0.6) is 0 Å². The molecule has 7 heteroatoms. The van der Waals surface area contributed by atoms with Crippen LogP contribution in [0.3, 0.4) is 0 Å². The molecule has 0 bridgehead atoms. The first-order valence-corrected chi connectivity index (χ1v) is 5.24. The third kappa shape index (κ3) is 2.99. The Hall–Kier alpha value is -2.05. The molecule has 2 rings (SSSR count). The maximum atomic E-state index is 11.9. The number of aromatic amines is 1. The minimum Gasteiger partial charge on any atom is -0.352 e. The van der Waals surface area contributed by atoms with Gasteiger partial charge in [0.2, 0.25) is 0 Å². The highest BCUT2D eigenvalue weighted by Gasteiger charge is 2.26. The van der Waals surface area contributed by atoms with Crippen molar-refractivity contribution in [3.8, 4) is 0 Å². The zero-order valence-corrected chi connectivity index (χ0v) is 9.21. The number of hydrogen-bond acceptors (Lipinski definition) is 2. The standard InChI is InChI=1S/C11H10F3N3O/c12-11(13,14)3-4-15-10(18)7-1-2-9-8(5-7)6-16-17-9/h1-2,5-6H,3-4H2,(H,15,18)(H,16,17). The maximum absolute atomic E-state index is 11.9. The Morgan fingerprint density at radius 1 is 1.39 bits per heavy atom. The summed E-state index contributed by atoms with van der Waals surface area (Å²) in [6.07, 6.45) is -3.75. The van der Waals surface area contributed by atoms with Crippen LogP contribution in [0, 0.1) is 0 Å². The van der Waals surface area contributed by atoms with Gasteiger partial charge in [0.25, 0.3) is 5.91 Å². The summed E-state index contributed by atoms with van der Waals surface area (Å²) in [4.78, 5) is 11.6. The largest absolute Gasteiger partial charge is 0.390 e. The fourth-order valence-electron chi connectivity index (χ4n) is 1.50. The quantitative estimate of drug-likeness (QED) is 0.886. The number of H-pyrrole nitrogens is 1. The second-order valence-corrected chi connectivity index (χ2v) is 3.79. The smallest absolute Gasteiger partial charge is 0.352 e. The van der Waals surface area contributed by atoms with E-state index in [0.29, 0.717) is 5.56 Å². The molecule has 0 atom stereocenters. The summed E-state index contributed by atoms with van der Waals surface area (Å²) >= 11 is 0. The van der Waals surface area contributed by atoms with Gasteiger partial charge in [0.15, 0.2) is 0 Å². The van der Waals surface area contributed by atoms with Gasteiger partial charge in [0, 0.05) is 17.5 Å². The van der Waals surface area contributed by atoms with E-state index in [4.69, 9.17) is 0 Å². The van der Waals surface area contributed by atoms with Gasteiger partial charge in [-0.1, -0.05) is 0 Å². The minimum atomic E-state index is -4.26. The molecule has 0 spiro atoms. The molecule has 96 valence electrons. The van der Waals surface area contributed by atoms with E-state index in [0.717, 1.165) is 10.9 Å². The van der Waals surface area contributed by atoms with Crippen molar-refractivity contribution in [2.75, 3.05) is 6.54 Å². The summed E-state index contributed by atoms with van der Waals surface area (Å²) in [5.74, 6) is -0.526. The average Bonchev–Trinajstić information content (AvgIpc) is 2.73. The highest BCUT2D eigenvalue weighted by Crippen LogP contribution is 2.18. The molecule has 0 saturated carbocycles. The molecule has 1 aromatic carbocycles. The number of halogens is 3. The van der Waals surface area contributed by atoms with Crippen LogP contribution in [-0.4, -0.2) is 28.8 Å². The van der Waals surface area contributed by atoms with Crippen molar-refractivity contribution >= 4 is 16.8 Å². The van der Waals surface area contributed by atoms with Gasteiger partial charge in [0.1, 0.15) is 0 Å². The van der Waals surface area contributed by atoms with Crippen molar-refractivity contribution in [1.82, 2.24) is 15.5 Å². The Morgan fingerprint density at radius 2 is 2.17 bits per heavy atom. The first kappa shape index (κ1) is 12.4. The van der Waals surface area contributed by atoms with E-state index >= 15 is 0 Å². The molecule has 1 aromatic heterocycles. The Morgan fingerprint density at radius 3 is 2.89 bits per heavy atom. The van der Waals surface area contributed by atoms with Crippen LogP contribution < -0.4 is 5.32 Å². The number of nitrogens with one attached hydrogen (secondary N) is 2. The van der Waals surface area contributed by atoms with E-state index in [-0.39, 0.29) is 0 Å². The highest BCUT2D eigenvalue weighted by molar-refractivity contribution is 5.97. The number of rotatable bonds is 3. The van der Waals surface area contributed by atoms with E-state index < -0.39 is 25.0 Å². The Kier molecular flexibility index (Phi) is 3.22. The number of fused-ring (bicyclic) bond motifs is 1. The molecule has 0 aliphatic carbocycles. The summed E-state index contributed by atoms with van der Waals surface area (Å²) in [5.41, 5.74) is 1.08. The van der Waals surface area contributed by atoms with Gasteiger partial charge in [-0.05, 0) is 18.2 Å². The molecular formula is C11H10F3N3O. The molecule has 0 fully saturated rings. The molecule has 2 N–H and O–H groups in total. The molecule has 0 aliphatic heterocycles. The highest BCUT2D eigenvalue weighted by atomic mass is 19.4. The van der Waals surface area contributed by atoms with Gasteiger partial charge >= 0.3 is 6.18 Å². The van der Waals surface area contributed by atoms with Crippen LogP contribution in [0.1, 0.15) is 16.8 Å². The molecule has 0 radical (unpaired) electrons. The van der Waals surface area contributed by atoms with Crippen LogP contribution in [0.2, 0.25) is 0 Å². The van der Waals surface area contributed by atoms with Crippen molar-refractivity contribution in [2.24, 2.45) is 0 Å². The summed E-state index contributed by atoms with van der Waals surface area (Å²) in [7, 11) is 0. The second-order valence-electron chi connectivity index (χ2n) is 3.79. The molecule has 1 heterocycles. The lowest BCUT2D eigenvalue weighted by atomic mass is 10.1. The van der Waals surface area contributed by atoms with Crippen molar-refractivity contribution in [3.05, 3.63) is 30.0 Å². The van der Waals surface area contributed by atoms with Crippen LogP contribution in [0.4, 0.5) is 13.2 Å². The second kappa shape index (κ2) is 4.67. The van der Waals surface area contributed by atoms with Crippen molar-refractivity contribution in [3.63, 3.8) is 0 Å². The zero-order chi connectivity index (χ0) is 13.2. The molecule has 0 saturated heterocycles. The lowest BCUT2D eigenvalue weighted by Crippen LogP contribution is -2.27. The number of nitrogens with zero attached hydrogens (tertiary/aromatic N) is 1. The molecule has 4 nitrogen and oxygen atoms in total. The lowest BCUT2D eigenvalue weighted by Gasteiger charge is -2.07. The third-order valence-electron chi connectivity index (χ3n) is 2.40.